The molecule has 3 aromatic carbocycles. The zero-order chi connectivity index (χ0) is 26.7. The van der Waals surface area contributed by atoms with E-state index in [-0.39, 0.29) is 12.2 Å². The zero-order valence-electron chi connectivity index (χ0n) is 24.5. The van der Waals surface area contributed by atoms with Crippen molar-refractivity contribution in [1.82, 2.24) is 0 Å². The molecule has 10 aliphatic rings. The Bertz CT molecular complexity index is 1620. The Labute approximate surface area is 243 Å². The second-order valence-corrected chi connectivity index (χ2v) is 16.4. The molecule has 41 heavy (non-hydrogen) atoms. The third kappa shape index (κ3) is 2.90. The minimum Gasteiger partial charge on any atom is -0.496 e. The van der Waals surface area contributed by atoms with Crippen LogP contribution in [-0.4, -0.2) is 7.11 Å². The van der Waals surface area contributed by atoms with E-state index in [9.17, 15) is 0 Å². The SMILES string of the molecule is COc1ccc(C23CC4CC(CC(C4)C2)C3)c2c(C34CC5CC(CC(C5)C3)C4)cc3c4c(ccc3c12)C1C=CC4O1. The van der Waals surface area contributed by atoms with Crippen molar-refractivity contribution < 1.29 is 9.47 Å². The number of ether oxygens (including phenoxy) is 2. The lowest BCUT2D eigenvalue weighted by atomic mass is 9.46. The molecule has 0 amide bonds. The summed E-state index contributed by atoms with van der Waals surface area (Å²) in [5.41, 5.74) is 7.00. The van der Waals surface area contributed by atoms with Gasteiger partial charge in [0, 0.05) is 5.39 Å². The van der Waals surface area contributed by atoms with E-state index in [1.807, 2.05) is 7.11 Å². The Morgan fingerprint density at radius 3 is 1.76 bits per heavy atom. The van der Waals surface area contributed by atoms with Gasteiger partial charge < -0.3 is 9.47 Å². The number of benzene rings is 3. The third-order valence-corrected chi connectivity index (χ3v) is 14.1. The van der Waals surface area contributed by atoms with Gasteiger partial charge >= 0.3 is 0 Å². The van der Waals surface area contributed by atoms with Gasteiger partial charge in [-0.3, -0.25) is 0 Å². The maximum absolute atomic E-state index is 6.45. The van der Waals surface area contributed by atoms with E-state index in [1.165, 1.54) is 104 Å². The van der Waals surface area contributed by atoms with Crippen LogP contribution in [-0.2, 0) is 15.6 Å². The van der Waals surface area contributed by atoms with E-state index >= 15 is 0 Å². The van der Waals surface area contributed by atoms with Gasteiger partial charge in [-0.05, 0) is 174 Å². The minimum absolute atomic E-state index is 0.109. The predicted octanol–water partition coefficient (Wildman–Crippen LogP) is 9.62. The second-order valence-electron chi connectivity index (χ2n) is 16.4. The van der Waals surface area contributed by atoms with E-state index in [0.29, 0.717) is 10.8 Å². The van der Waals surface area contributed by atoms with Gasteiger partial charge in [0.1, 0.15) is 18.0 Å². The lowest BCUT2D eigenvalue weighted by molar-refractivity contribution is -0.00677. The first-order chi connectivity index (χ1) is 20.1. The summed E-state index contributed by atoms with van der Waals surface area (Å²) in [6, 6.07) is 12.5. The monoisotopic (exact) mass is 542 g/mol. The summed E-state index contributed by atoms with van der Waals surface area (Å²) in [4.78, 5) is 0. The normalized spacial score (nSPS) is 44.0. The highest BCUT2D eigenvalue weighted by Gasteiger charge is 2.55. The molecular weight excluding hydrogens is 500 g/mol. The average molecular weight is 543 g/mol. The Morgan fingerprint density at radius 1 is 0.610 bits per heavy atom. The molecule has 210 valence electrons. The van der Waals surface area contributed by atoms with E-state index in [2.05, 4.69) is 42.5 Å². The van der Waals surface area contributed by atoms with E-state index in [0.717, 1.165) is 41.3 Å². The van der Waals surface area contributed by atoms with Crippen molar-refractivity contribution in [2.45, 2.75) is 100 Å². The lowest BCUT2D eigenvalue weighted by Crippen LogP contribution is -2.50. The highest BCUT2D eigenvalue weighted by atomic mass is 16.5. The van der Waals surface area contributed by atoms with Crippen LogP contribution in [0.25, 0.3) is 21.5 Å². The number of methoxy groups -OCH3 is 1. The van der Waals surface area contributed by atoms with Gasteiger partial charge in [-0.15, -0.1) is 0 Å². The predicted molar refractivity (Wildman–Crippen MR) is 163 cm³/mol. The van der Waals surface area contributed by atoms with Crippen LogP contribution in [0.1, 0.15) is 112 Å². The summed E-state index contributed by atoms with van der Waals surface area (Å²) in [7, 11) is 1.91. The molecule has 2 unspecified atom stereocenters. The van der Waals surface area contributed by atoms with Gasteiger partial charge in [0.25, 0.3) is 0 Å². The highest BCUT2D eigenvalue weighted by molar-refractivity contribution is 6.15. The van der Waals surface area contributed by atoms with Crippen molar-refractivity contribution in [2.75, 3.05) is 7.11 Å². The molecule has 0 N–H and O–H groups in total. The van der Waals surface area contributed by atoms with Crippen molar-refractivity contribution in [3.63, 3.8) is 0 Å². The molecule has 2 heterocycles. The molecule has 10 bridgehead atoms. The highest BCUT2D eigenvalue weighted by Crippen LogP contribution is 2.66. The van der Waals surface area contributed by atoms with Crippen LogP contribution in [0.3, 0.4) is 0 Å². The Morgan fingerprint density at radius 2 is 1.17 bits per heavy atom. The summed E-state index contributed by atoms with van der Waals surface area (Å²) >= 11 is 0. The number of hydrogen-bond donors (Lipinski definition) is 0. The van der Waals surface area contributed by atoms with E-state index in [4.69, 9.17) is 9.47 Å². The quantitative estimate of drug-likeness (QED) is 0.242. The molecule has 2 heteroatoms. The Hall–Kier alpha value is -2.32. The maximum Gasteiger partial charge on any atom is 0.127 e. The molecular formula is C39H42O2. The van der Waals surface area contributed by atoms with Crippen LogP contribution in [0.2, 0.25) is 0 Å². The molecule has 2 atom stereocenters. The lowest BCUT2D eigenvalue weighted by Gasteiger charge is -2.59. The number of hydrogen-bond acceptors (Lipinski definition) is 2. The van der Waals surface area contributed by atoms with Crippen molar-refractivity contribution in [3.8, 4) is 5.75 Å². The maximum atomic E-state index is 6.45. The molecule has 8 aliphatic carbocycles. The average Bonchev–Trinajstić information content (AvgIpc) is 3.57. The molecule has 13 rings (SSSR count). The van der Waals surface area contributed by atoms with Gasteiger partial charge in [-0.2, -0.15) is 0 Å². The molecule has 2 aliphatic heterocycles. The molecule has 0 spiro atoms. The molecule has 0 saturated heterocycles. The topological polar surface area (TPSA) is 18.5 Å². The summed E-state index contributed by atoms with van der Waals surface area (Å²) in [5, 5.41) is 5.93. The number of rotatable bonds is 3. The van der Waals surface area contributed by atoms with Crippen molar-refractivity contribution in [1.29, 1.82) is 0 Å². The summed E-state index contributed by atoms with van der Waals surface area (Å²) in [6.07, 6.45) is 22.3. The largest absolute Gasteiger partial charge is 0.496 e. The first kappa shape index (κ1) is 23.2. The zero-order valence-corrected chi connectivity index (χ0v) is 24.5. The van der Waals surface area contributed by atoms with E-state index in [1.54, 1.807) is 16.5 Å². The minimum atomic E-state index is 0.109. The standard InChI is InChI=1S/C39H42O2/c1-40-33-5-4-30(38-15-21-8-22(16-38)10-23(9-21)17-38)37-31(39-18-24-11-25(19-39)13-26(12-24)20-39)14-29-27(36(33)37)2-3-28-32-6-7-34(41-32)35(28)29/h2-7,14,21-26,32,34H,8-13,15-20H2,1H3. The van der Waals surface area contributed by atoms with Crippen LogP contribution in [0.5, 0.6) is 5.75 Å². The molecule has 3 aromatic rings. The fourth-order valence-corrected chi connectivity index (χ4v) is 13.6. The summed E-state index contributed by atoms with van der Waals surface area (Å²) < 4.78 is 12.8. The molecule has 0 radical (unpaired) electrons. The van der Waals surface area contributed by atoms with Crippen LogP contribution in [0.4, 0.5) is 0 Å². The van der Waals surface area contributed by atoms with Gasteiger partial charge in [-0.1, -0.05) is 30.4 Å². The van der Waals surface area contributed by atoms with Gasteiger partial charge in [0.05, 0.1) is 7.11 Å². The molecule has 2 nitrogen and oxygen atoms in total. The van der Waals surface area contributed by atoms with Crippen molar-refractivity contribution in [2.24, 2.45) is 35.5 Å². The summed E-state index contributed by atoms with van der Waals surface area (Å²) in [6.45, 7) is 0. The van der Waals surface area contributed by atoms with Gasteiger partial charge in [0.15, 0.2) is 0 Å². The van der Waals surface area contributed by atoms with Gasteiger partial charge in [-0.25, -0.2) is 0 Å². The van der Waals surface area contributed by atoms with Crippen molar-refractivity contribution >= 4 is 21.5 Å². The van der Waals surface area contributed by atoms with Gasteiger partial charge in [0.2, 0.25) is 0 Å². The van der Waals surface area contributed by atoms with Crippen molar-refractivity contribution in [3.05, 3.63) is 64.7 Å². The Kier molecular flexibility index (Phi) is 4.29. The van der Waals surface area contributed by atoms with Crippen LogP contribution in [0.15, 0.2) is 42.5 Å². The Balaban J connectivity index is 1.26. The fraction of sp³-hybridized carbons (Fsp3) is 0.590. The van der Waals surface area contributed by atoms with Crippen LogP contribution >= 0.6 is 0 Å². The summed E-state index contributed by atoms with van der Waals surface area (Å²) in [5.74, 6) is 6.74. The smallest absolute Gasteiger partial charge is 0.127 e. The molecule has 8 saturated carbocycles. The van der Waals surface area contributed by atoms with Crippen LogP contribution in [0, 0.1) is 35.5 Å². The molecule has 8 fully saturated rings. The number of fused-ring (bicyclic) bond motifs is 9. The second kappa shape index (κ2) is 7.60. The molecule has 0 aromatic heterocycles. The fourth-order valence-electron chi connectivity index (χ4n) is 13.6. The van der Waals surface area contributed by atoms with Crippen LogP contribution < -0.4 is 4.74 Å². The van der Waals surface area contributed by atoms with E-state index < -0.39 is 0 Å². The third-order valence-electron chi connectivity index (χ3n) is 14.1. The first-order valence-electron chi connectivity index (χ1n) is 17.0. The first-order valence-corrected chi connectivity index (χ1v) is 17.0.